The second-order valence-corrected chi connectivity index (χ2v) is 6.14. The fraction of sp³-hybridized carbons (Fsp3) is 0.857. The van der Waals surface area contributed by atoms with Crippen molar-refractivity contribution in [2.24, 2.45) is 5.41 Å². The number of hydrogen-bond acceptors (Lipinski definition) is 3. The van der Waals surface area contributed by atoms with Crippen molar-refractivity contribution in [2.45, 2.75) is 45.6 Å². The lowest BCUT2D eigenvalue weighted by molar-refractivity contribution is -0.141. The summed E-state index contributed by atoms with van der Waals surface area (Å²) in [7, 11) is 3.90. The first-order valence-corrected chi connectivity index (χ1v) is 7.08. The van der Waals surface area contributed by atoms with Gasteiger partial charge < -0.3 is 15.5 Å². The van der Waals surface area contributed by atoms with Gasteiger partial charge in [0.25, 0.3) is 0 Å². The Labute approximate surface area is 116 Å². The van der Waals surface area contributed by atoms with Gasteiger partial charge in [0.15, 0.2) is 0 Å². The van der Waals surface area contributed by atoms with Crippen molar-refractivity contribution in [3.63, 3.8) is 0 Å². The molecule has 19 heavy (non-hydrogen) atoms. The van der Waals surface area contributed by atoms with E-state index in [9.17, 15) is 9.59 Å². The number of likely N-dealkylation sites (N-methyl/N-ethyl adjacent to an activating group) is 1. The summed E-state index contributed by atoms with van der Waals surface area (Å²) < 4.78 is 0. The van der Waals surface area contributed by atoms with Crippen LogP contribution in [-0.4, -0.2) is 49.9 Å². The van der Waals surface area contributed by atoms with E-state index in [1.54, 1.807) is 13.8 Å². The minimum Gasteiger partial charge on any atom is -0.354 e. The lowest BCUT2D eigenvalue weighted by Crippen LogP contribution is -2.50. The van der Waals surface area contributed by atoms with Gasteiger partial charge in [0, 0.05) is 19.1 Å². The Hall–Kier alpha value is -1.10. The molecule has 0 aromatic heterocycles. The molecule has 0 aliphatic heterocycles. The van der Waals surface area contributed by atoms with Crippen LogP contribution >= 0.6 is 0 Å². The molecule has 1 rings (SSSR count). The molecule has 1 fully saturated rings. The van der Waals surface area contributed by atoms with Crippen LogP contribution in [0.4, 0.5) is 0 Å². The van der Waals surface area contributed by atoms with Crippen LogP contribution in [0.15, 0.2) is 0 Å². The summed E-state index contributed by atoms with van der Waals surface area (Å²) in [6, 6.07) is 0.251. The molecule has 0 atom stereocenters. The number of nitrogens with zero attached hydrogens (tertiary/aromatic N) is 1. The van der Waals surface area contributed by atoms with E-state index in [-0.39, 0.29) is 17.9 Å². The molecule has 0 spiro atoms. The van der Waals surface area contributed by atoms with Crippen molar-refractivity contribution >= 4 is 11.8 Å². The maximum Gasteiger partial charge on any atom is 0.235 e. The molecule has 0 aromatic rings. The highest BCUT2D eigenvalue weighted by Crippen LogP contribution is 2.21. The standard InChI is InChI=1S/C14H27N3O2/c1-14(2,12(18)15-9-10-17(3)4)13(19)16-11-7-5-6-8-11/h11H,5-10H2,1-4H3,(H,15,18)(H,16,19). The van der Waals surface area contributed by atoms with Crippen molar-refractivity contribution in [2.75, 3.05) is 27.2 Å². The monoisotopic (exact) mass is 269 g/mol. The molecule has 2 amide bonds. The Morgan fingerprint density at radius 2 is 1.74 bits per heavy atom. The molecule has 0 bridgehead atoms. The Morgan fingerprint density at radius 1 is 1.16 bits per heavy atom. The van der Waals surface area contributed by atoms with Crippen LogP contribution in [-0.2, 0) is 9.59 Å². The van der Waals surface area contributed by atoms with E-state index in [1.165, 1.54) is 12.8 Å². The van der Waals surface area contributed by atoms with Gasteiger partial charge >= 0.3 is 0 Å². The van der Waals surface area contributed by atoms with Gasteiger partial charge in [-0.3, -0.25) is 9.59 Å². The first-order chi connectivity index (χ1) is 8.84. The Morgan fingerprint density at radius 3 is 2.26 bits per heavy atom. The van der Waals surface area contributed by atoms with Gasteiger partial charge in [-0.25, -0.2) is 0 Å². The highest BCUT2D eigenvalue weighted by atomic mass is 16.2. The zero-order valence-electron chi connectivity index (χ0n) is 12.6. The normalized spacial score (nSPS) is 16.7. The molecule has 5 nitrogen and oxygen atoms in total. The van der Waals surface area contributed by atoms with Crippen molar-refractivity contribution in [3.8, 4) is 0 Å². The maximum atomic E-state index is 12.2. The smallest absolute Gasteiger partial charge is 0.235 e. The molecule has 0 heterocycles. The number of rotatable bonds is 6. The Balaban J connectivity index is 2.43. The van der Waals surface area contributed by atoms with Crippen molar-refractivity contribution in [1.82, 2.24) is 15.5 Å². The molecule has 1 aliphatic rings. The Bertz CT molecular complexity index is 321. The largest absolute Gasteiger partial charge is 0.354 e. The summed E-state index contributed by atoms with van der Waals surface area (Å²) in [5.41, 5.74) is -1.01. The molecular formula is C14H27N3O2. The van der Waals surface area contributed by atoms with Crippen LogP contribution < -0.4 is 10.6 Å². The third-order valence-corrected chi connectivity index (χ3v) is 3.67. The van der Waals surface area contributed by atoms with Gasteiger partial charge in [-0.15, -0.1) is 0 Å². The van der Waals surface area contributed by atoms with Crippen LogP contribution in [0.25, 0.3) is 0 Å². The molecule has 5 heteroatoms. The highest BCUT2D eigenvalue weighted by molar-refractivity contribution is 6.04. The average molecular weight is 269 g/mol. The third kappa shape index (κ3) is 4.82. The van der Waals surface area contributed by atoms with Crippen LogP contribution in [0.2, 0.25) is 0 Å². The molecule has 2 N–H and O–H groups in total. The number of nitrogens with one attached hydrogen (secondary N) is 2. The first-order valence-electron chi connectivity index (χ1n) is 7.08. The summed E-state index contributed by atoms with van der Waals surface area (Å²) in [4.78, 5) is 26.2. The van der Waals surface area contributed by atoms with Gasteiger partial charge in [0.05, 0.1) is 0 Å². The summed E-state index contributed by atoms with van der Waals surface area (Å²) >= 11 is 0. The average Bonchev–Trinajstić information content (AvgIpc) is 2.80. The minimum atomic E-state index is -1.01. The minimum absolute atomic E-state index is 0.165. The molecule has 0 unspecified atom stereocenters. The molecule has 0 saturated heterocycles. The molecule has 0 aromatic carbocycles. The lowest BCUT2D eigenvalue weighted by Gasteiger charge is -2.25. The second-order valence-electron chi connectivity index (χ2n) is 6.14. The maximum absolute atomic E-state index is 12.2. The number of amides is 2. The van der Waals surface area contributed by atoms with Gasteiger partial charge in [-0.2, -0.15) is 0 Å². The van der Waals surface area contributed by atoms with Crippen LogP contribution in [0, 0.1) is 5.41 Å². The number of hydrogen-bond donors (Lipinski definition) is 2. The van der Waals surface area contributed by atoms with E-state index in [0.29, 0.717) is 6.54 Å². The topological polar surface area (TPSA) is 61.4 Å². The van der Waals surface area contributed by atoms with Crippen molar-refractivity contribution in [3.05, 3.63) is 0 Å². The summed E-state index contributed by atoms with van der Waals surface area (Å²) in [6.07, 6.45) is 4.40. The van der Waals surface area contributed by atoms with Gasteiger partial charge in [-0.05, 0) is 40.8 Å². The van der Waals surface area contributed by atoms with Gasteiger partial charge in [-0.1, -0.05) is 12.8 Å². The predicted molar refractivity (Wildman–Crippen MR) is 75.7 cm³/mol. The zero-order chi connectivity index (χ0) is 14.5. The van der Waals surface area contributed by atoms with Crippen molar-refractivity contribution in [1.29, 1.82) is 0 Å². The van der Waals surface area contributed by atoms with Crippen molar-refractivity contribution < 1.29 is 9.59 Å². The summed E-state index contributed by atoms with van der Waals surface area (Å²) in [6.45, 7) is 4.70. The summed E-state index contributed by atoms with van der Waals surface area (Å²) in [5.74, 6) is -0.369. The third-order valence-electron chi connectivity index (χ3n) is 3.67. The van der Waals surface area contributed by atoms with E-state index in [2.05, 4.69) is 10.6 Å². The number of carbonyl (C=O) groups is 2. The molecular weight excluding hydrogens is 242 g/mol. The predicted octanol–water partition coefficient (Wildman–Crippen LogP) is 0.749. The molecule has 0 radical (unpaired) electrons. The van der Waals surface area contributed by atoms with Crippen LogP contribution in [0.3, 0.4) is 0 Å². The van der Waals surface area contributed by atoms with E-state index < -0.39 is 5.41 Å². The zero-order valence-corrected chi connectivity index (χ0v) is 12.6. The quantitative estimate of drug-likeness (QED) is 0.700. The highest BCUT2D eigenvalue weighted by Gasteiger charge is 2.37. The fourth-order valence-corrected chi connectivity index (χ4v) is 2.15. The van der Waals surface area contributed by atoms with E-state index >= 15 is 0 Å². The van der Waals surface area contributed by atoms with E-state index in [4.69, 9.17) is 0 Å². The van der Waals surface area contributed by atoms with Gasteiger partial charge in [0.2, 0.25) is 11.8 Å². The van der Waals surface area contributed by atoms with Crippen LogP contribution in [0.1, 0.15) is 39.5 Å². The SMILES string of the molecule is CN(C)CCNC(=O)C(C)(C)C(=O)NC1CCCC1. The summed E-state index contributed by atoms with van der Waals surface area (Å²) in [5, 5.41) is 5.81. The first kappa shape index (κ1) is 16.0. The molecule has 110 valence electrons. The van der Waals surface area contributed by atoms with Crippen LogP contribution in [0.5, 0.6) is 0 Å². The molecule has 1 aliphatic carbocycles. The lowest BCUT2D eigenvalue weighted by atomic mass is 9.90. The number of carbonyl (C=O) groups excluding carboxylic acids is 2. The van der Waals surface area contributed by atoms with Gasteiger partial charge in [0.1, 0.15) is 5.41 Å². The van der Waals surface area contributed by atoms with E-state index in [0.717, 1.165) is 19.4 Å². The Kier molecular flexibility index (Phi) is 5.79. The van der Waals surface area contributed by atoms with E-state index in [1.807, 2.05) is 19.0 Å². The fourth-order valence-electron chi connectivity index (χ4n) is 2.15. The molecule has 1 saturated carbocycles. The second kappa shape index (κ2) is 6.89.